The number of para-hydroxylation sites is 1. The number of phenolic OH excluding ortho intramolecular Hbond substituents is 1. The smallest absolute Gasteiger partial charge is 0.185 e. The summed E-state index contributed by atoms with van der Waals surface area (Å²) in [7, 11) is 1.48. The van der Waals surface area contributed by atoms with Crippen molar-refractivity contribution in [1.82, 2.24) is 0 Å². The molecule has 2 aromatic rings. The van der Waals surface area contributed by atoms with E-state index >= 15 is 0 Å². The molecule has 0 aliphatic rings. The highest BCUT2D eigenvalue weighted by atomic mass is 79.9. The molecule has 102 valence electrons. The summed E-state index contributed by atoms with van der Waals surface area (Å²) in [5.74, 6) is 0.276. The maximum Gasteiger partial charge on any atom is 0.185 e. The van der Waals surface area contributed by atoms with Gasteiger partial charge < -0.3 is 9.84 Å². The van der Waals surface area contributed by atoms with Crippen LogP contribution in [0.3, 0.4) is 0 Å². The fourth-order valence-corrected chi connectivity index (χ4v) is 1.98. The lowest BCUT2D eigenvalue weighted by Gasteiger charge is -2.05. The summed E-state index contributed by atoms with van der Waals surface area (Å²) in [6, 6.07) is 12.2. The average molecular weight is 333 g/mol. The van der Waals surface area contributed by atoms with E-state index in [1.54, 1.807) is 36.4 Å². The first-order chi connectivity index (χ1) is 9.61. The minimum absolute atomic E-state index is 0.0230. The van der Waals surface area contributed by atoms with Gasteiger partial charge in [0.15, 0.2) is 17.3 Å². The second-order valence-corrected chi connectivity index (χ2v) is 5.02. The standard InChI is InChI=1S/C16H13BrO3/c1-20-15-4-2-3-12(16(15)19)7-10-14(18)11-5-8-13(17)9-6-11/h2-10,19H,1H3. The summed E-state index contributed by atoms with van der Waals surface area (Å²) < 4.78 is 5.94. The van der Waals surface area contributed by atoms with E-state index in [4.69, 9.17) is 4.74 Å². The maximum atomic E-state index is 12.0. The largest absolute Gasteiger partial charge is 0.504 e. The van der Waals surface area contributed by atoms with Crippen LogP contribution in [0.5, 0.6) is 11.5 Å². The van der Waals surface area contributed by atoms with Gasteiger partial charge in [0.25, 0.3) is 0 Å². The number of phenols is 1. The molecular weight excluding hydrogens is 320 g/mol. The van der Waals surface area contributed by atoms with Crippen LogP contribution in [0.15, 0.2) is 53.0 Å². The number of rotatable bonds is 4. The van der Waals surface area contributed by atoms with Gasteiger partial charge in [-0.15, -0.1) is 0 Å². The Labute approximate surface area is 125 Å². The number of ketones is 1. The Bertz CT molecular complexity index is 645. The van der Waals surface area contributed by atoms with E-state index in [1.807, 2.05) is 12.1 Å². The minimum atomic E-state index is -0.125. The molecule has 0 fully saturated rings. The van der Waals surface area contributed by atoms with Crippen molar-refractivity contribution in [2.75, 3.05) is 7.11 Å². The van der Waals surface area contributed by atoms with Crippen molar-refractivity contribution in [2.45, 2.75) is 0 Å². The number of ether oxygens (including phenoxy) is 1. The quantitative estimate of drug-likeness (QED) is 0.678. The van der Waals surface area contributed by atoms with Gasteiger partial charge in [-0.3, -0.25) is 4.79 Å². The molecule has 0 aliphatic carbocycles. The van der Waals surface area contributed by atoms with Crippen molar-refractivity contribution in [3.63, 3.8) is 0 Å². The first kappa shape index (κ1) is 14.3. The first-order valence-corrected chi connectivity index (χ1v) is 6.75. The Hall–Kier alpha value is -2.07. The summed E-state index contributed by atoms with van der Waals surface area (Å²) in [5, 5.41) is 9.91. The topological polar surface area (TPSA) is 46.5 Å². The monoisotopic (exact) mass is 332 g/mol. The number of halogens is 1. The van der Waals surface area contributed by atoms with Gasteiger partial charge in [0.1, 0.15) is 0 Å². The van der Waals surface area contributed by atoms with Crippen molar-refractivity contribution < 1.29 is 14.6 Å². The second kappa shape index (κ2) is 6.39. The van der Waals surface area contributed by atoms with Gasteiger partial charge in [0.2, 0.25) is 0 Å². The van der Waals surface area contributed by atoms with E-state index in [0.29, 0.717) is 16.9 Å². The molecule has 3 nitrogen and oxygen atoms in total. The molecule has 0 saturated carbocycles. The fraction of sp³-hybridized carbons (Fsp3) is 0.0625. The molecule has 4 heteroatoms. The van der Waals surface area contributed by atoms with Crippen LogP contribution < -0.4 is 4.74 Å². The number of allylic oxidation sites excluding steroid dienone is 1. The normalized spacial score (nSPS) is 10.7. The average Bonchev–Trinajstić information content (AvgIpc) is 2.46. The molecule has 1 N–H and O–H groups in total. The van der Waals surface area contributed by atoms with Crippen LogP contribution in [-0.4, -0.2) is 18.0 Å². The van der Waals surface area contributed by atoms with Gasteiger partial charge in [-0.25, -0.2) is 0 Å². The van der Waals surface area contributed by atoms with Crippen LogP contribution in [0.4, 0.5) is 0 Å². The van der Waals surface area contributed by atoms with Crippen molar-refractivity contribution >= 4 is 27.8 Å². The van der Waals surface area contributed by atoms with E-state index in [9.17, 15) is 9.90 Å². The third-order valence-electron chi connectivity index (χ3n) is 2.79. The number of hydrogen-bond donors (Lipinski definition) is 1. The number of benzene rings is 2. The van der Waals surface area contributed by atoms with Crippen molar-refractivity contribution in [1.29, 1.82) is 0 Å². The number of hydrogen-bond acceptors (Lipinski definition) is 3. The number of carbonyl (C=O) groups is 1. The summed E-state index contributed by atoms with van der Waals surface area (Å²) >= 11 is 3.32. The van der Waals surface area contributed by atoms with Crippen molar-refractivity contribution in [2.24, 2.45) is 0 Å². The van der Waals surface area contributed by atoms with Crippen LogP contribution in [0, 0.1) is 0 Å². The van der Waals surface area contributed by atoms with E-state index in [-0.39, 0.29) is 11.5 Å². The third-order valence-corrected chi connectivity index (χ3v) is 3.32. The van der Waals surface area contributed by atoms with Gasteiger partial charge in [0.05, 0.1) is 7.11 Å². The Morgan fingerprint density at radius 3 is 2.55 bits per heavy atom. The second-order valence-electron chi connectivity index (χ2n) is 4.10. The molecule has 0 spiro atoms. The van der Waals surface area contributed by atoms with Crippen LogP contribution in [-0.2, 0) is 0 Å². The molecule has 0 amide bonds. The lowest BCUT2D eigenvalue weighted by Crippen LogP contribution is -1.93. The van der Waals surface area contributed by atoms with Crippen molar-refractivity contribution in [3.8, 4) is 11.5 Å². The Morgan fingerprint density at radius 1 is 1.20 bits per heavy atom. The molecule has 2 rings (SSSR count). The summed E-state index contributed by atoms with van der Waals surface area (Å²) in [5.41, 5.74) is 1.13. The summed E-state index contributed by atoms with van der Waals surface area (Å²) in [6.07, 6.45) is 3.00. The highest BCUT2D eigenvalue weighted by molar-refractivity contribution is 9.10. The number of carbonyl (C=O) groups excluding carboxylic acids is 1. The van der Waals surface area contributed by atoms with Gasteiger partial charge in [-0.05, 0) is 42.5 Å². The molecule has 0 aromatic heterocycles. The van der Waals surface area contributed by atoms with Crippen molar-refractivity contribution in [3.05, 3.63) is 64.1 Å². The Morgan fingerprint density at radius 2 is 1.90 bits per heavy atom. The van der Waals surface area contributed by atoms with Gasteiger partial charge >= 0.3 is 0 Å². The first-order valence-electron chi connectivity index (χ1n) is 5.96. The van der Waals surface area contributed by atoms with Crippen LogP contribution in [0.25, 0.3) is 6.08 Å². The highest BCUT2D eigenvalue weighted by Gasteiger charge is 2.06. The molecule has 0 bridgehead atoms. The molecule has 0 unspecified atom stereocenters. The van der Waals surface area contributed by atoms with Gasteiger partial charge in [-0.1, -0.05) is 28.1 Å². The summed E-state index contributed by atoms with van der Waals surface area (Å²) in [4.78, 5) is 12.0. The fourth-order valence-electron chi connectivity index (χ4n) is 1.71. The third kappa shape index (κ3) is 3.27. The van der Waals surface area contributed by atoms with E-state index in [1.165, 1.54) is 13.2 Å². The Kier molecular flexibility index (Phi) is 4.58. The van der Waals surface area contributed by atoms with E-state index < -0.39 is 0 Å². The predicted molar refractivity (Wildman–Crippen MR) is 82.2 cm³/mol. The van der Waals surface area contributed by atoms with Crippen LogP contribution >= 0.6 is 15.9 Å². The highest BCUT2D eigenvalue weighted by Crippen LogP contribution is 2.30. The zero-order chi connectivity index (χ0) is 14.5. The Balaban J connectivity index is 2.21. The lowest BCUT2D eigenvalue weighted by atomic mass is 10.1. The molecule has 2 aromatic carbocycles. The number of aromatic hydroxyl groups is 1. The molecule has 0 saturated heterocycles. The van der Waals surface area contributed by atoms with Gasteiger partial charge in [-0.2, -0.15) is 0 Å². The van der Waals surface area contributed by atoms with Gasteiger partial charge in [0, 0.05) is 15.6 Å². The lowest BCUT2D eigenvalue weighted by molar-refractivity contribution is 0.104. The molecular formula is C16H13BrO3. The zero-order valence-corrected chi connectivity index (χ0v) is 12.4. The van der Waals surface area contributed by atoms with Crippen LogP contribution in [0.1, 0.15) is 15.9 Å². The SMILES string of the molecule is COc1cccc(C=CC(=O)c2ccc(Br)cc2)c1O. The number of methoxy groups -OCH3 is 1. The molecule has 0 heterocycles. The zero-order valence-electron chi connectivity index (χ0n) is 10.8. The molecule has 0 atom stereocenters. The molecule has 0 aliphatic heterocycles. The van der Waals surface area contributed by atoms with Crippen LogP contribution in [0.2, 0.25) is 0 Å². The molecule has 20 heavy (non-hydrogen) atoms. The molecule has 0 radical (unpaired) electrons. The van der Waals surface area contributed by atoms with E-state index in [2.05, 4.69) is 15.9 Å². The predicted octanol–water partition coefficient (Wildman–Crippen LogP) is 4.06. The minimum Gasteiger partial charge on any atom is -0.504 e. The van der Waals surface area contributed by atoms with E-state index in [0.717, 1.165) is 4.47 Å². The maximum absolute atomic E-state index is 12.0. The summed E-state index contributed by atoms with van der Waals surface area (Å²) in [6.45, 7) is 0.